The van der Waals surface area contributed by atoms with Crippen LogP contribution in [0.15, 0.2) is 0 Å². The predicted octanol–water partition coefficient (Wildman–Crippen LogP) is 2.38. The summed E-state index contributed by atoms with van der Waals surface area (Å²) < 4.78 is 0. The maximum atomic E-state index is 5.56. The average Bonchev–Trinajstić information content (AvgIpc) is 2.26. The van der Waals surface area contributed by atoms with Crippen LogP contribution in [0.25, 0.3) is 0 Å². The maximum absolute atomic E-state index is 5.56. The highest BCUT2D eigenvalue weighted by molar-refractivity contribution is 7.15. The van der Waals surface area contributed by atoms with Crippen LogP contribution in [0, 0.1) is 6.92 Å². The average molecular weight is 170 g/mol. The Hall–Kier alpha value is -0.570. The van der Waals surface area contributed by atoms with Crippen LogP contribution < -0.4 is 5.73 Å². The fraction of sp³-hybridized carbons (Fsp3) is 0.625. The molecule has 3 heteroatoms. The van der Waals surface area contributed by atoms with Crippen molar-refractivity contribution in [2.24, 2.45) is 0 Å². The molecular formula is C8H14N2S. The fourth-order valence-corrected chi connectivity index (χ4v) is 1.89. The Morgan fingerprint density at radius 2 is 2.27 bits per heavy atom. The van der Waals surface area contributed by atoms with E-state index < -0.39 is 0 Å². The van der Waals surface area contributed by atoms with Gasteiger partial charge in [-0.2, -0.15) is 0 Å². The third kappa shape index (κ3) is 2.19. The summed E-state index contributed by atoms with van der Waals surface area (Å²) in [5.41, 5.74) is 6.67. The lowest BCUT2D eigenvalue weighted by atomic mass is 10.2. The second-order valence-corrected chi connectivity index (χ2v) is 3.78. The molecule has 0 atom stereocenters. The molecule has 2 N–H and O–H groups in total. The highest BCUT2D eigenvalue weighted by Crippen LogP contribution is 2.21. The largest absolute Gasteiger partial charge is 0.375 e. The zero-order valence-corrected chi connectivity index (χ0v) is 7.87. The Balaban J connectivity index is 2.62. The summed E-state index contributed by atoms with van der Waals surface area (Å²) in [6.07, 6.45) is 3.61. The third-order valence-electron chi connectivity index (χ3n) is 1.67. The molecule has 11 heavy (non-hydrogen) atoms. The topological polar surface area (TPSA) is 38.9 Å². The van der Waals surface area contributed by atoms with Crippen molar-refractivity contribution in [3.63, 3.8) is 0 Å². The minimum absolute atomic E-state index is 0.702. The van der Waals surface area contributed by atoms with Gasteiger partial charge in [0.2, 0.25) is 0 Å². The lowest BCUT2D eigenvalue weighted by molar-refractivity contribution is 0.799. The highest BCUT2D eigenvalue weighted by Gasteiger charge is 2.03. The van der Waals surface area contributed by atoms with Crippen molar-refractivity contribution in [3.05, 3.63) is 10.6 Å². The monoisotopic (exact) mass is 170 g/mol. The third-order valence-corrected chi connectivity index (χ3v) is 2.71. The van der Waals surface area contributed by atoms with Gasteiger partial charge in [-0.05, 0) is 19.8 Å². The Bertz CT molecular complexity index is 230. The van der Waals surface area contributed by atoms with Gasteiger partial charge in [-0.3, -0.25) is 0 Å². The molecule has 0 aliphatic carbocycles. The highest BCUT2D eigenvalue weighted by atomic mass is 32.1. The van der Waals surface area contributed by atoms with E-state index in [1.54, 1.807) is 11.3 Å². The van der Waals surface area contributed by atoms with E-state index in [4.69, 9.17) is 5.73 Å². The van der Waals surface area contributed by atoms with Gasteiger partial charge >= 0.3 is 0 Å². The van der Waals surface area contributed by atoms with Gasteiger partial charge in [0.25, 0.3) is 0 Å². The summed E-state index contributed by atoms with van der Waals surface area (Å²) in [6, 6.07) is 0. The number of hydrogen-bond acceptors (Lipinski definition) is 3. The number of aryl methyl sites for hydroxylation is 2. The summed E-state index contributed by atoms with van der Waals surface area (Å²) in [7, 11) is 0. The molecule has 0 amide bonds. The number of unbranched alkanes of at least 4 members (excludes halogenated alkanes) is 1. The van der Waals surface area contributed by atoms with E-state index in [1.807, 2.05) is 6.92 Å². The van der Waals surface area contributed by atoms with Crippen LogP contribution in [0.5, 0.6) is 0 Å². The number of nitrogen functional groups attached to an aromatic ring is 1. The molecule has 62 valence electrons. The summed E-state index contributed by atoms with van der Waals surface area (Å²) in [4.78, 5) is 5.51. The second-order valence-electron chi connectivity index (χ2n) is 2.66. The summed E-state index contributed by atoms with van der Waals surface area (Å²) >= 11 is 1.62. The van der Waals surface area contributed by atoms with Gasteiger partial charge in [0.15, 0.2) is 5.13 Å². The van der Waals surface area contributed by atoms with Gasteiger partial charge in [0.1, 0.15) is 0 Å². The van der Waals surface area contributed by atoms with Crippen LogP contribution in [0.2, 0.25) is 0 Å². The van der Waals surface area contributed by atoms with E-state index >= 15 is 0 Å². The normalized spacial score (nSPS) is 10.4. The van der Waals surface area contributed by atoms with Crippen LogP contribution in [0.4, 0.5) is 5.13 Å². The number of anilines is 1. The number of rotatable bonds is 3. The maximum Gasteiger partial charge on any atom is 0.180 e. The Morgan fingerprint density at radius 1 is 1.55 bits per heavy atom. The first kappa shape index (κ1) is 8.53. The number of thiazole rings is 1. The van der Waals surface area contributed by atoms with Gasteiger partial charge in [0, 0.05) is 4.88 Å². The van der Waals surface area contributed by atoms with Crippen molar-refractivity contribution >= 4 is 16.5 Å². The Labute approximate surface area is 71.5 Å². The van der Waals surface area contributed by atoms with Crippen LogP contribution >= 0.6 is 11.3 Å². The lowest BCUT2D eigenvalue weighted by Crippen LogP contribution is -1.83. The minimum Gasteiger partial charge on any atom is -0.375 e. The predicted molar refractivity (Wildman–Crippen MR) is 49.9 cm³/mol. The molecule has 0 radical (unpaired) electrons. The smallest absolute Gasteiger partial charge is 0.180 e. The van der Waals surface area contributed by atoms with Crippen LogP contribution in [0.1, 0.15) is 30.3 Å². The Kier molecular flexibility index (Phi) is 2.88. The molecular weight excluding hydrogens is 156 g/mol. The SMILES string of the molecule is CCCCc1sc(N)nc1C. The molecule has 1 heterocycles. The second kappa shape index (κ2) is 3.72. The number of hydrogen-bond donors (Lipinski definition) is 1. The lowest BCUT2D eigenvalue weighted by Gasteiger charge is -1.93. The minimum atomic E-state index is 0.702. The van der Waals surface area contributed by atoms with E-state index in [1.165, 1.54) is 17.7 Å². The molecule has 1 aromatic heterocycles. The van der Waals surface area contributed by atoms with Crippen molar-refractivity contribution in [1.82, 2.24) is 4.98 Å². The zero-order valence-electron chi connectivity index (χ0n) is 7.05. The van der Waals surface area contributed by atoms with Crippen molar-refractivity contribution in [2.45, 2.75) is 33.1 Å². The quantitative estimate of drug-likeness (QED) is 0.756. The number of aromatic nitrogens is 1. The molecule has 0 spiro atoms. The van der Waals surface area contributed by atoms with Crippen molar-refractivity contribution in [1.29, 1.82) is 0 Å². The molecule has 0 unspecified atom stereocenters. The van der Waals surface area contributed by atoms with Crippen LogP contribution in [0.3, 0.4) is 0 Å². The van der Waals surface area contributed by atoms with Gasteiger partial charge in [0.05, 0.1) is 5.69 Å². The van der Waals surface area contributed by atoms with E-state index in [0.717, 1.165) is 12.1 Å². The standard InChI is InChI=1S/C8H14N2S/c1-3-4-5-7-6(2)10-8(9)11-7/h3-5H2,1-2H3,(H2,9,10). The molecule has 0 aromatic carbocycles. The van der Waals surface area contributed by atoms with Crippen molar-refractivity contribution < 1.29 is 0 Å². The Morgan fingerprint density at radius 3 is 2.73 bits per heavy atom. The first-order valence-electron chi connectivity index (χ1n) is 3.95. The molecule has 1 rings (SSSR count). The van der Waals surface area contributed by atoms with E-state index in [0.29, 0.717) is 5.13 Å². The van der Waals surface area contributed by atoms with E-state index in [2.05, 4.69) is 11.9 Å². The summed E-state index contributed by atoms with van der Waals surface area (Å²) in [5, 5.41) is 0.702. The molecule has 0 fully saturated rings. The van der Waals surface area contributed by atoms with Crippen LogP contribution in [-0.2, 0) is 6.42 Å². The summed E-state index contributed by atoms with van der Waals surface area (Å²) in [5.74, 6) is 0. The molecule has 0 bridgehead atoms. The first-order chi connectivity index (χ1) is 5.24. The number of nitrogens with two attached hydrogens (primary N) is 1. The zero-order chi connectivity index (χ0) is 8.27. The van der Waals surface area contributed by atoms with Gasteiger partial charge in [-0.25, -0.2) is 4.98 Å². The van der Waals surface area contributed by atoms with E-state index in [-0.39, 0.29) is 0 Å². The molecule has 0 aliphatic rings. The molecule has 1 aromatic rings. The number of nitrogens with zero attached hydrogens (tertiary/aromatic N) is 1. The molecule has 0 aliphatic heterocycles. The fourth-order valence-electron chi connectivity index (χ4n) is 1.02. The van der Waals surface area contributed by atoms with E-state index in [9.17, 15) is 0 Å². The van der Waals surface area contributed by atoms with Gasteiger partial charge < -0.3 is 5.73 Å². The van der Waals surface area contributed by atoms with Crippen molar-refractivity contribution in [3.8, 4) is 0 Å². The molecule has 0 saturated carbocycles. The first-order valence-corrected chi connectivity index (χ1v) is 4.77. The van der Waals surface area contributed by atoms with Crippen molar-refractivity contribution in [2.75, 3.05) is 5.73 Å². The van der Waals surface area contributed by atoms with Crippen LogP contribution in [-0.4, -0.2) is 4.98 Å². The summed E-state index contributed by atoms with van der Waals surface area (Å²) in [6.45, 7) is 4.22. The molecule has 2 nitrogen and oxygen atoms in total. The van der Waals surface area contributed by atoms with Gasteiger partial charge in [-0.1, -0.05) is 13.3 Å². The van der Waals surface area contributed by atoms with Gasteiger partial charge in [-0.15, -0.1) is 11.3 Å². The molecule has 0 saturated heterocycles.